The minimum atomic E-state index is -1.06. The zero-order chi connectivity index (χ0) is 7.82. The van der Waals surface area contributed by atoms with Gasteiger partial charge in [0.2, 0.25) is 0 Å². The van der Waals surface area contributed by atoms with Crippen LogP contribution in [0.4, 0.5) is 0 Å². The van der Waals surface area contributed by atoms with Gasteiger partial charge in [-0.25, -0.2) is 0 Å². The van der Waals surface area contributed by atoms with Crippen LogP contribution in [-0.2, 0) is 13.6 Å². The van der Waals surface area contributed by atoms with Crippen LogP contribution in [0.25, 0.3) is 0 Å². The van der Waals surface area contributed by atoms with Gasteiger partial charge in [-0.3, -0.25) is 0 Å². The van der Waals surface area contributed by atoms with Crippen LogP contribution in [0.5, 0.6) is 0 Å². The van der Waals surface area contributed by atoms with Gasteiger partial charge in [-0.2, -0.15) is 0 Å². The second-order valence-electron chi connectivity index (χ2n) is 1.48. The fraction of sp³-hybridized carbons (Fsp3) is 1.00. The van der Waals surface area contributed by atoms with Crippen molar-refractivity contribution in [1.29, 1.82) is 0 Å². The number of hydrogen-bond donors (Lipinski definition) is 0. The van der Waals surface area contributed by atoms with Gasteiger partial charge in [-0.1, -0.05) is 0 Å². The molecule has 62 valence electrons. The second kappa shape index (κ2) is 11.3. The Morgan fingerprint density at radius 3 is 1.27 bits per heavy atom. The van der Waals surface area contributed by atoms with Crippen molar-refractivity contribution in [2.75, 3.05) is 19.8 Å². The van der Waals surface area contributed by atoms with Crippen LogP contribution in [0, 0.1) is 0 Å². The number of hydrogen-bond acceptors (Lipinski definition) is 3. The van der Waals surface area contributed by atoms with Gasteiger partial charge in [-0.15, -0.1) is 0 Å². The molecule has 0 atom stereocenters. The van der Waals surface area contributed by atoms with Gasteiger partial charge < -0.3 is 13.6 Å². The Morgan fingerprint density at radius 2 is 1.09 bits per heavy atom. The molecule has 11 heavy (non-hydrogen) atoms. The molecule has 5 heteroatoms. The third-order valence-electron chi connectivity index (χ3n) is 0.704. The molecular weight excluding hydrogens is 174 g/mol. The van der Waals surface area contributed by atoms with E-state index in [9.17, 15) is 0 Å². The van der Waals surface area contributed by atoms with Crippen LogP contribution in [0.1, 0.15) is 20.8 Å². The van der Waals surface area contributed by atoms with E-state index in [-0.39, 0.29) is 29.6 Å². The average molecular weight is 189 g/mol. The summed E-state index contributed by atoms with van der Waals surface area (Å²) in [4.78, 5) is 0. The molecule has 0 aromatic heterocycles. The minimum Gasteiger partial charge on any atom is -0.313 e. The second-order valence-corrected chi connectivity index (χ2v) is 2.70. The van der Waals surface area contributed by atoms with Crippen LogP contribution in [0.2, 0.25) is 0 Å². The maximum atomic E-state index is 5.14. The maximum absolute atomic E-state index is 5.14. The fourth-order valence-electron chi connectivity index (χ4n) is 0.428. The Bertz CT molecular complexity index is 60.6. The van der Waals surface area contributed by atoms with Crippen molar-refractivity contribution < 1.29 is 43.1 Å². The normalized spacial score (nSPS) is 9.82. The van der Waals surface area contributed by atoms with Crippen molar-refractivity contribution in [2.45, 2.75) is 20.8 Å². The molecule has 0 saturated heterocycles. The van der Waals surface area contributed by atoms with Gasteiger partial charge in [0.15, 0.2) is 0 Å². The maximum Gasteiger partial charge on any atom is 1.00 e. The molecule has 0 bridgehead atoms. The summed E-state index contributed by atoms with van der Waals surface area (Å²) in [7, 11) is -1.06. The molecule has 0 unspecified atom stereocenters. The Labute approximate surface area is 92.1 Å². The smallest absolute Gasteiger partial charge is 0.313 e. The first kappa shape index (κ1) is 14.8. The van der Waals surface area contributed by atoms with Crippen molar-refractivity contribution in [3.8, 4) is 0 Å². The van der Waals surface area contributed by atoms with Crippen molar-refractivity contribution in [3.63, 3.8) is 0 Å². The molecule has 0 heterocycles. The molecule has 0 aliphatic carbocycles. The molecule has 0 aliphatic rings. The van der Waals surface area contributed by atoms with Crippen molar-refractivity contribution in [2.24, 2.45) is 0 Å². The molecule has 0 spiro atoms. The van der Waals surface area contributed by atoms with E-state index in [4.69, 9.17) is 13.6 Å². The largest absolute Gasteiger partial charge is 1.00 e. The van der Waals surface area contributed by atoms with Crippen LogP contribution in [-0.4, -0.2) is 19.8 Å². The Morgan fingerprint density at radius 1 is 0.818 bits per heavy atom. The van der Waals surface area contributed by atoms with Gasteiger partial charge in [0, 0.05) is 0 Å². The van der Waals surface area contributed by atoms with Crippen LogP contribution < -0.4 is 29.6 Å². The predicted molar refractivity (Wildman–Crippen MR) is 41.8 cm³/mol. The van der Waals surface area contributed by atoms with Crippen LogP contribution >= 0.6 is 8.60 Å². The van der Waals surface area contributed by atoms with Crippen LogP contribution in [0.15, 0.2) is 0 Å². The van der Waals surface area contributed by atoms with Gasteiger partial charge in [0.1, 0.15) is 0 Å². The van der Waals surface area contributed by atoms with E-state index in [0.29, 0.717) is 19.8 Å². The standard InChI is InChI=1S/C6H15O3P.Na/c1-4-7-10(8-5-2)9-6-3;/h4-6H2,1-3H3;/q;+1. The molecule has 0 radical (unpaired) electrons. The first-order valence-electron chi connectivity index (χ1n) is 3.54. The molecule has 0 saturated carbocycles. The molecule has 0 aromatic rings. The Balaban J connectivity index is 0. The first-order chi connectivity index (χ1) is 4.85. The summed E-state index contributed by atoms with van der Waals surface area (Å²) in [6.45, 7) is 7.71. The average Bonchev–Trinajstić information content (AvgIpc) is 1.90. The molecule has 0 fully saturated rings. The third-order valence-corrected chi connectivity index (χ3v) is 2.11. The first-order valence-corrected chi connectivity index (χ1v) is 4.63. The monoisotopic (exact) mass is 189 g/mol. The molecule has 3 nitrogen and oxygen atoms in total. The van der Waals surface area contributed by atoms with E-state index in [1.807, 2.05) is 20.8 Å². The van der Waals surface area contributed by atoms with E-state index in [2.05, 4.69) is 0 Å². The molecule has 0 rings (SSSR count). The molecule has 0 aliphatic heterocycles. The van der Waals surface area contributed by atoms with Gasteiger partial charge in [-0.05, 0) is 20.8 Å². The summed E-state index contributed by atoms with van der Waals surface area (Å²) in [6, 6.07) is 0. The summed E-state index contributed by atoms with van der Waals surface area (Å²) < 4.78 is 15.4. The van der Waals surface area contributed by atoms with Crippen molar-refractivity contribution in [3.05, 3.63) is 0 Å². The van der Waals surface area contributed by atoms with E-state index in [0.717, 1.165) is 0 Å². The summed E-state index contributed by atoms with van der Waals surface area (Å²) in [5.41, 5.74) is 0. The Kier molecular flexibility index (Phi) is 15.2. The van der Waals surface area contributed by atoms with Gasteiger partial charge in [0.05, 0.1) is 19.8 Å². The Hall–Kier alpha value is 1.31. The van der Waals surface area contributed by atoms with Crippen molar-refractivity contribution in [1.82, 2.24) is 0 Å². The van der Waals surface area contributed by atoms with E-state index in [1.54, 1.807) is 0 Å². The molecular formula is C6H15NaO3P+. The third kappa shape index (κ3) is 9.22. The molecule has 0 aromatic carbocycles. The van der Waals surface area contributed by atoms with Gasteiger partial charge in [0.25, 0.3) is 0 Å². The number of rotatable bonds is 6. The van der Waals surface area contributed by atoms with Crippen molar-refractivity contribution >= 4 is 8.60 Å². The topological polar surface area (TPSA) is 27.7 Å². The van der Waals surface area contributed by atoms with Gasteiger partial charge >= 0.3 is 38.2 Å². The summed E-state index contributed by atoms with van der Waals surface area (Å²) >= 11 is 0. The molecule has 0 N–H and O–H groups in total. The molecule has 0 amide bonds. The van der Waals surface area contributed by atoms with Crippen LogP contribution in [0.3, 0.4) is 0 Å². The van der Waals surface area contributed by atoms with E-state index >= 15 is 0 Å². The summed E-state index contributed by atoms with van der Waals surface area (Å²) in [5, 5.41) is 0. The summed E-state index contributed by atoms with van der Waals surface area (Å²) in [5.74, 6) is 0. The SMILES string of the molecule is CCOP(OCC)OCC.[Na+]. The van der Waals surface area contributed by atoms with E-state index in [1.165, 1.54) is 0 Å². The summed E-state index contributed by atoms with van der Waals surface area (Å²) in [6.07, 6.45) is 0. The zero-order valence-electron chi connectivity index (χ0n) is 7.79. The zero-order valence-corrected chi connectivity index (χ0v) is 10.7. The minimum absolute atomic E-state index is 0. The fourth-order valence-corrected chi connectivity index (χ4v) is 1.28. The predicted octanol–water partition coefficient (Wildman–Crippen LogP) is -0.673. The van der Waals surface area contributed by atoms with E-state index < -0.39 is 8.60 Å². The quantitative estimate of drug-likeness (QED) is 0.409.